The molecule has 3 heteroatoms. The van der Waals surface area contributed by atoms with E-state index in [0.29, 0.717) is 30.2 Å². The van der Waals surface area contributed by atoms with Crippen molar-refractivity contribution in [1.82, 2.24) is 4.90 Å². The normalized spacial score (nSPS) is 32.8. The highest BCUT2D eigenvalue weighted by molar-refractivity contribution is 6.20. The average Bonchev–Trinajstić information content (AvgIpc) is 2.95. The van der Waals surface area contributed by atoms with Crippen molar-refractivity contribution in [2.24, 2.45) is 23.7 Å². The summed E-state index contributed by atoms with van der Waals surface area (Å²) < 4.78 is 0. The molecule has 3 nitrogen and oxygen atoms in total. The average molecular weight is 259 g/mol. The maximum absolute atomic E-state index is 12.4. The first-order valence-electron chi connectivity index (χ1n) is 7.27. The maximum Gasteiger partial charge on any atom is 0.257 e. The minimum atomic E-state index is -0.0409. The standard InChI is InChI=1S/C16H21NO2/c1-4-7-17-15(18)13-10-5-6-11(14(13)16(17)19)12(10)8-9(2)3/h4,9-12H,1,5-8H2,2-3H3. The molecule has 3 aliphatic rings. The van der Waals surface area contributed by atoms with Crippen LogP contribution in [0.1, 0.15) is 33.1 Å². The van der Waals surface area contributed by atoms with Crippen molar-refractivity contribution >= 4 is 11.8 Å². The molecule has 0 aromatic rings. The minimum absolute atomic E-state index is 0.0409. The monoisotopic (exact) mass is 259 g/mol. The number of carbonyl (C=O) groups is 2. The van der Waals surface area contributed by atoms with Crippen LogP contribution in [-0.4, -0.2) is 23.3 Å². The topological polar surface area (TPSA) is 37.4 Å². The van der Waals surface area contributed by atoms with Crippen molar-refractivity contribution in [3.05, 3.63) is 23.8 Å². The fraction of sp³-hybridized carbons (Fsp3) is 0.625. The van der Waals surface area contributed by atoms with Gasteiger partial charge in [0, 0.05) is 17.7 Å². The van der Waals surface area contributed by atoms with Crippen LogP contribution in [0.2, 0.25) is 0 Å². The Bertz CT molecular complexity index is 455. The zero-order chi connectivity index (χ0) is 13.7. The van der Waals surface area contributed by atoms with Crippen molar-refractivity contribution in [3.63, 3.8) is 0 Å². The van der Waals surface area contributed by atoms with Gasteiger partial charge in [-0.2, -0.15) is 0 Å². The van der Waals surface area contributed by atoms with Gasteiger partial charge >= 0.3 is 0 Å². The van der Waals surface area contributed by atoms with Crippen molar-refractivity contribution in [3.8, 4) is 0 Å². The number of nitrogens with zero attached hydrogens (tertiary/aromatic N) is 1. The third kappa shape index (κ3) is 1.63. The van der Waals surface area contributed by atoms with Crippen LogP contribution in [0.3, 0.4) is 0 Å². The molecule has 1 saturated carbocycles. The Balaban J connectivity index is 1.90. The second-order valence-corrected chi connectivity index (χ2v) is 6.42. The van der Waals surface area contributed by atoms with E-state index in [1.807, 2.05) is 0 Å². The van der Waals surface area contributed by atoms with Crippen LogP contribution in [0, 0.1) is 23.7 Å². The zero-order valence-corrected chi connectivity index (χ0v) is 11.7. The van der Waals surface area contributed by atoms with Gasteiger partial charge in [-0.25, -0.2) is 0 Å². The first-order chi connectivity index (χ1) is 9.06. The number of rotatable bonds is 4. The fourth-order valence-corrected chi connectivity index (χ4v) is 4.28. The van der Waals surface area contributed by atoms with E-state index in [2.05, 4.69) is 20.4 Å². The molecule has 0 N–H and O–H groups in total. The molecule has 0 aromatic heterocycles. The van der Waals surface area contributed by atoms with E-state index >= 15 is 0 Å². The molecule has 2 amide bonds. The van der Waals surface area contributed by atoms with Gasteiger partial charge < -0.3 is 0 Å². The lowest BCUT2D eigenvalue weighted by Crippen LogP contribution is -2.35. The van der Waals surface area contributed by atoms with E-state index in [1.165, 1.54) is 4.90 Å². The SMILES string of the molecule is C=CCN1C(=O)C2=C(C1=O)C1CCC2C1CC(C)C. The second kappa shape index (κ2) is 4.32. The first kappa shape index (κ1) is 12.6. The molecule has 1 heterocycles. The lowest BCUT2D eigenvalue weighted by molar-refractivity contribution is -0.137. The van der Waals surface area contributed by atoms with Gasteiger partial charge in [0.1, 0.15) is 0 Å². The predicted molar refractivity (Wildman–Crippen MR) is 73.1 cm³/mol. The molecular formula is C16H21NO2. The van der Waals surface area contributed by atoms with Crippen LogP contribution >= 0.6 is 0 Å². The molecule has 0 saturated heterocycles. The summed E-state index contributed by atoms with van der Waals surface area (Å²) in [5.74, 6) is 1.76. The molecule has 1 fully saturated rings. The van der Waals surface area contributed by atoms with Crippen LogP contribution in [0.25, 0.3) is 0 Å². The van der Waals surface area contributed by atoms with Crippen LogP contribution in [0.5, 0.6) is 0 Å². The number of likely N-dealkylation sites (tertiary alicyclic amines) is 1. The van der Waals surface area contributed by atoms with E-state index in [-0.39, 0.29) is 11.8 Å². The van der Waals surface area contributed by atoms with E-state index < -0.39 is 0 Å². The van der Waals surface area contributed by atoms with Crippen LogP contribution in [0.15, 0.2) is 23.8 Å². The Morgan fingerprint density at radius 3 is 2.16 bits per heavy atom. The van der Waals surface area contributed by atoms with Gasteiger partial charge in [-0.15, -0.1) is 6.58 Å². The van der Waals surface area contributed by atoms with E-state index in [9.17, 15) is 9.59 Å². The minimum Gasteiger partial charge on any atom is -0.271 e. The predicted octanol–water partition coefficient (Wildman–Crippen LogP) is 2.54. The lowest BCUT2D eigenvalue weighted by Gasteiger charge is -2.23. The van der Waals surface area contributed by atoms with Crippen LogP contribution in [-0.2, 0) is 9.59 Å². The second-order valence-electron chi connectivity index (χ2n) is 6.42. The molecule has 0 radical (unpaired) electrons. The largest absolute Gasteiger partial charge is 0.271 e. The van der Waals surface area contributed by atoms with Crippen molar-refractivity contribution in [1.29, 1.82) is 0 Å². The third-order valence-electron chi connectivity index (χ3n) is 4.86. The highest BCUT2D eigenvalue weighted by Crippen LogP contribution is 2.57. The first-order valence-corrected chi connectivity index (χ1v) is 7.27. The highest BCUT2D eigenvalue weighted by atomic mass is 16.2. The van der Waals surface area contributed by atoms with Crippen LogP contribution < -0.4 is 0 Å². The summed E-state index contributed by atoms with van der Waals surface area (Å²) in [5.41, 5.74) is 1.71. The van der Waals surface area contributed by atoms with E-state index in [1.54, 1.807) is 6.08 Å². The summed E-state index contributed by atoms with van der Waals surface area (Å²) in [6.07, 6.45) is 4.93. The van der Waals surface area contributed by atoms with Gasteiger partial charge in [-0.05, 0) is 42.9 Å². The molecule has 1 aliphatic heterocycles. The van der Waals surface area contributed by atoms with Gasteiger partial charge in [0.15, 0.2) is 0 Å². The third-order valence-corrected chi connectivity index (χ3v) is 4.86. The molecular weight excluding hydrogens is 238 g/mol. The highest BCUT2D eigenvalue weighted by Gasteiger charge is 2.56. The van der Waals surface area contributed by atoms with Gasteiger partial charge in [-0.3, -0.25) is 14.5 Å². The van der Waals surface area contributed by atoms with Crippen molar-refractivity contribution in [2.45, 2.75) is 33.1 Å². The van der Waals surface area contributed by atoms with Crippen molar-refractivity contribution in [2.75, 3.05) is 6.54 Å². The molecule has 2 unspecified atom stereocenters. The summed E-state index contributed by atoms with van der Waals surface area (Å²) in [5, 5.41) is 0. The number of imide groups is 1. The number of hydrogen-bond donors (Lipinski definition) is 0. The maximum atomic E-state index is 12.4. The Morgan fingerprint density at radius 1 is 1.21 bits per heavy atom. The summed E-state index contributed by atoms with van der Waals surface area (Å²) >= 11 is 0. The van der Waals surface area contributed by atoms with Gasteiger partial charge in [0.05, 0.1) is 0 Å². The number of carbonyl (C=O) groups excluding carboxylic acids is 2. The summed E-state index contributed by atoms with van der Waals surface area (Å²) in [6, 6.07) is 0. The van der Waals surface area contributed by atoms with Gasteiger partial charge in [0.2, 0.25) is 0 Å². The number of hydrogen-bond acceptors (Lipinski definition) is 2. The Kier molecular flexibility index (Phi) is 2.88. The van der Waals surface area contributed by atoms with Gasteiger partial charge in [0.25, 0.3) is 11.8 Å². The Labute approximate surface area is 114 Å². The summed E-state index contributed by atoms with van der Waals surface area (Å²) in [7, 11) is 0. The van der Waals surface area contributed by atoms with E-state index in [0.717, 1.165) is 30.4 Å². The Hall–Kier alpha value is -1.38. The lowest BCUT2D eigenvalue weighted by atomic mass is 9.85. The smallest absolute Gasteiger partial charge is 0.257 e. The molecule has 2 aliphatic carbocycles. The molecule has 0 spiro atoms. The number of fused-ring (bicyclic) bond motifs is 4. The van der Waals surface area contributed by atoms with Crippen molar-refractivity contribution < 1.29 is 9.59 Å². The quantitative estimate of drug-likeness (QED) is 0.574. The molecule has 19 heavy (non-hydrogen) atoms. The summed E-state index contributed by atoms with van der Waals surface area (Å²) in [4.78, 5) is 26.2. The molecule has 102 valence electrons. The molecule has 0 aromatic carbocycles. The van der Waals surface area contributed by atoms with E-state index in [4.69, 9.17) is 0 Å². The Morgan fingerprint density at radius 2 is 1.74 bits per heavy atom. The zero-order valence-electron chi connectivity index (χ0n) is 11.7. The molecule has 2 bridgehead atoms. The molecule has 2 atom stereocenters. The van der Waals surface area contributed by atoms with Gasteiger partial charge in [-0.1, -0.05) is 19.9 Å². The molecule has 3 rings (SSSR count). The number of amides is 2. The fourth-order valence-electron chi connectivity index (χ4n) is 4.28. The summed E-state index contributed by atoms with van der Waals surface area (Å²) in [6.45, 7) is 8.41. The van der Waals surface area contributed by atoms with Crippen LogP contribution in [0.4, 0.5) is 0 Å².